The molecule has 1 saturated heterocycles. The van der Waals surface area contributed by atoms with Gasteiger partial charge in [0.25, 0.3) is 0 Å². The van der Waals surface area contributed by atoms with Crippen molar-refractivity contribution in [3.8, 4) is 16.9 Å². The van der Waals surface area contributed by atoms with E-state index in [2.05, 4.69) is 82.4 Å². The van der Waals surface area contributed by atoms with Crippen LogP contribution in [0.5, 0.6) is 5.75 Å². The van der Waals surface area contributed by atoms with Crippen LogP contribution >= 0.6 is 0 Å². The molecular formula is C29H32N4O. The lowest BCUT2D eigenvalue weighted by atomic mass is 9.61. The van der Waals surface area contributed by atoms with Gasteiger partial charge in [0.2, 0.25) is 0 Å². The summed E-state index contributed by atoms with van der Waals surface area (Å²) in [5, 5.41) is 5.90. The molecule has 3 aliphatic rings. The van der Waals surface area contributed by atoms with Crippen molar-refractivity contribution in [3.63, 3.8) is 0 Å². The zero-order chi connectivity index (χ0) is 22.9. The van der Waals surface area contributed by atoms with Crippen LogP contribution in [0.3, 0.4) is 0 Å². The van der Waals surface area contributed by atoms with Crippen molar-refractivity contribution in [1.29, 1.82) is 0 Å². The Labute approximate surface area is 200 Å². The number of hydrogen-bond donors (Lipinski definition) is 1. The third kappa shape index (κ3) is 3.18. The quantitative estimate of drug-likeness (QED) is 0.463. The molecule has 4 aromatic rings. The summed E-state index contributed by atoms with van der Waals surface area (Å²) in [6, 6.07) is 18.9. The summed E-state index contributed by atoms with van der Waals surface area (Å²) in [4.78, 5) is 6.94. The Morgan fingerprint density at radius 1 is 0.941 bits per heavy atom. The molecule has 5 heteroatoms. The summed E-state index contributed by atoms with van der Waals surface area (Å²) < 4.78 is 8.56. The van der Waals surface area contributed by atoms with Crippen LogP contribution in [0.4, 0.5) is 0 Å². The van der Waals surface area contributed by atoms with E-state index in [-0.39, 0.29) is 0 Å². The van der Waals surface area contributed by atoms with Gasteiger partial charge in [0.15, 0.2) is 0 Å². The van der Waals surface area contributed by atoms with E-state index in [1.165, 1.54) is 58.9 Å². The molecule has 2 aromatic heterocycles. The fourth-order valence-corrected chi connectivity index (χ4v) is 6.41. The van der Waals surface area contributed by atoms with Crippen molar-refractivity contribution in [3.05, 3.63) is 60.9 Å². The lowest BCUT2D eigenvalue weighted by Crippen LogP contribution is -2.66. The van der Waals surface area contributed by atoms with Crippen molar-refractivity contribution in [1.82, 2.24) is 19.8 Å². The van der Waals surface area contributed by atoms with Crippen molar-refractivity contribution in [2.75, 3.05) is 20.1 Å². The van der Waals surface area contributed by atoms with E-state index in [0.29, 0.717) is 17.6 Å². The van der Waals surface area contributed by atoms with Gasteiger partial charge < -0.3 is 19.5 Å². The molecule has 7 rings (SSSR count). The number of aryl methyl sites for hydroxylation is 1. The number of ether oxygens (including phenoxy) is 1. The molecule has 5 nitrogen and oxygen atoms in total. The minimum Gasteiger partial charge on any atom is -0.490 e. The predicted molar refractivity (Wildman–Crippen MR) is 137 cm³/mol. The molecule has 3 fully saturated rings. The second-order valence-electron chi connectivity index (χ2n) is 10.9. The van der Waals surface area contributed by atoms with Crippen LogP contribution in [0.25, 0.3) is 32.9 Å². The topological polar surface area (TPSA) is 42.3 Å². The minimum absolute atomic E-state index is 0.346. The van der Waals surface area contributed by atoms with Crippen LogP contribution in [0.15, 0.2) is 60.9 Å². The Bertz CT molecular complexity index is 1360. The molecule has 2 saturated carbocycles. The Hall–Kier alpha value is -2.89. The van der Waals surface area contributed by atoms with Gasteiger partial charge in [0.1, 0.15) is 11.9 Å². The van der Waals surface area contributed by atoms with Gasteiger partial charge in [0.05, 0.1) is 5.52 Å². The molecule has 0 unspecified atom stereocenters. The fourth-order valence-electron chi connectivity index (χ4n) is 6.41. The number of benzene rings is 2. The molecule has 3 heterocycles. The average Bonchev–Trinajstić information content (AvgIpc) is 3.06. The number of nitrogens with zero attached hydrogens (tertiary/aromatic N) is 3. The maximum Gasteiger partial charge on any atom is 0.119 e. The van der Waals surface area contributed by atoms with Crippen LogP contribution in [0.1, 0.15) is 25.7 Å². The monoisotopic (exact) mass is 452 g/mol. The van der Waals surface area contributed by atoms with Gasteiger partial charge in [-0.25, -0.2) is 0 Å². The normalized spacial score (nSPS) is 23.7. The minimum atomic E-state index is 0.346. The first-order chi connectivity index (χ1) is 16.6. The summed E-state index contributed by atoms with van der Waals surface area (Å²) in [7, 11) is 4.45. The molecule has 0 atom stereocenters. The number of nitrogens with one attached hydrogen (secondary N) is 1. The van der Waals surface area contributed by atoms with Crippen LogP contribution in [0.2, 0.25) is 0 Å². The molecule has 174 valence electrons. The van der Waals surface area contributed by atoms with Crippen molar-refractivity contribution in [2.24, 2.45) is 12.5 Å². The van der Waals surface area contributed by atoms with E-state index in [9.17, 15) is 0 Å². The summed E-state index contributed by atoms with van der Waals surface area (Å²) in [6.45, 7) is 2.47. The Kier molecular flexibility index (Phi) is 4.55. The van der Waals surface area contributed by atoms with E-state index in [0.717, 1.165) is 24.6 Å². The molecular weight excluding hydrogens is 420 g/mol. The van der Waals surface area contributed by atoms with E-state index < -0.39 is 0 Å². The number of fused-ring (bicyclic) bond motifs is 3. The zero-order valence-corrected chi connectivity index (χ0v) is 20.0. The van der Waals surface area contributed by atoms with Gasteiger partial charge in [-0.2, -0.15) is 0 Å². The predicted octanol–water partition coefficient (Wildman–Crippen LogP) is 4.99. The Balaban J connectivity index is 1.00. The number of rotatable bonds is 5. The molecule has 34 heavy (non-hydrogen) atoms. The van der Waals surface area contributed by atoms with Gasteiger partial charge in [-0.05, 0) is 60.7 Å². The van der Waals surface area contributed by atoms with Crippen LogP contribution in [0, 0.1) is 5.41 Å². The molecule has 0 radical (unpaired) electrons. The fraction of sp³-hybridized carbons (Fsp3) is 0.414. The second-order valence-corrected chi connectivity index (χ2v) is 10.9. The number of aromatic nitrogens is 2. The van der Waals surface area contributed by atoms with E-state index >= 15 is 0 Å². The van der Waals surface area contributed by atoms with Gasteiger partial charge in [-0.1, -0.05) is 24.3 Å². The zero-order valence-electron chi connectivity index (χ0n) is 20.0. The lowest BCUT2D eigenvalue weighted by Gasteiger charge is -2.59. The molecule has 1 N–H and O–H groups in total. The SMILES string of the molecule is Cn1c2ccncc2c2ccc(-c3ccc(O[C@H]4C[C@H](N(C)C5CC6(CNC6)C5)C4)cc3)cc21. The van der Waals surface area contributed by atoms with Crippen molar-refractivity contribution in [2.45, 2.75) is 43.9 Å². The highest BCUT2D eigenvalue weighted by atomic mass is 16.5. The lowest BCUT2D eigenvalue weighted by molar-refractivity contribution is -0.0723. The summed E-state index contributed by atoms with van der Waals surface area (Å²) in [5.41, 5.74) is 5.54. The molecule has 0 amide bonds. The molecule has 2 aliphatic carbocycles. The smallest absolute Gasteiger partial charge is 0.119 e. The highest BCUT2D eigenvalue weighted by molar-refractivity contribution is 6.08. The molecule has 1 aliphatic heterocycles. The molecule has 2 aromatic carbocycles. The van der Waals surface area contributed by atoms with E-state index in [1.54, 1.807) is 0 Å². The van der Waals surface area contributed by atoms with Crippen molar-refractivity contribution >= 4 is 21.8 Å². The first-order valence-electron chi connectivity index (χ1n) is 12.6. The van der Waals surface area contributed by atoms with Gasteiger partial charge in [0, 0.05) is 73.7 Å². The number of pyridine rings is 1. The summed E-state index contributed by atoms with van der Waals surface area (Å²) >= 11 is 0. The molecule has 1 spiro atoms. The highest BCUT2D eigenvalue weighted by Gasteiger charge is 2.51. The van der Waals surface area contributed by atoms with Gasteiger partial charge in [-0.3, -0.25) is 4.98 Å². The standard InChI is InChI=1S/C29H32N4O/c1-32(22-14-29(15-22)17-31-18-29)21-12-24(13-21)34-23-6-3-19(4-7-23)20-5-8-25-26-16-30-10-9-27(26)33(2)28(25)11-20/h3-11,16,21-22,24,31H,12-15,17-18H2,1-2H3/t21-,24-. The van der Waals surface area contributed by atoms with Crippen LogP contribution < -0.4 is 10.1 Å². The highest BCUT2D eigenvalue weighted by Crippen LogP contribution is 2.48. The Morgan fingerprint density at radius 2 is 1.71 bits per heavy atom. The first kappa shape index (κ1) is 20.5. The summed E-state index contributed by atoms with van der Waals surface area (Å²) in [6.07, 6.45) is 9.21. The third-order valence-electron chi connectivity index (χ3n) is 8.86. The Morgan fingerprint density at radius 3 is 2.44 bits per heavy atom. The third-order valence-corrected chi connectivity index (χ3v) is 8.86. The van der Waals surface area contributed by atoms with E-state index in [4.69, 9.17) is 4.74 Å². The van der Waals surface area contributed by atoms with Gasteiger partial charge >= 0.3 is 0 Å². The van der Waals surface area contributed by atoms with Crippen LogP contribution in [-0.2, 0) is 7.05 Å². The maximum absolute atomic E-state index is 6.31. The van der Waals surface area contributed by atoms with Crippen molar-refractivity contribution < 1.29 is 4.74 Å². The number of hydrogen-bond acceptors (Lipinski definition) is 4. The molecule has 0 bridgehead atoms. The van der Waals surface area contributed by atoms with Gasteiger partial charge in [-0.15, -0.1) is 0 Å². The average molecular weight is 453 g/mol. The second kappa shape index (κ2) is 7.56. The van der Waals surface area contributed by atoms with E-state index in [1.807, 2.05) is 12.4 Å². The first-order valence-corrected chi connectivity index (χ1v) is 12.6. The summed E-state index contributed by atoms with van der Waals surface area (Å²) in [5.74, 6) is 0.981. The largest absolute Gasteiger partial charge is 0.490 e. The van der Waals surface area contributed by atoms with Crippen LogP contribution in [-0.4, -0.2) is 52.8 Å². The maximum atomic E-state index is 6.31.